The molecule has 8 heteroatoms. The van der Waals surface area contributed by atoms with E-state index in [0.29, 0.717) is 35.8 Å². The average molecular weight is 344 g/mol. The predicted octanol–water partition coefficient (Wildman–Crippen LogP) is 2.99. The van der Waals surface area contributed by atoms with Crippen LogP contribution in [0.1, 0.15) is 18.5 Å². The molecule has 1 saturated carbocycles. The van der Waals surface area contributed by atoms with Gasteiger partial charge in [0.15, 0.2) is 5.17 Å². The standard InChI is InChI=1S/C15H19F3N4S/c1-23-14(19)21-13-9-2-3-10(13)8-22(7-9)11-4-5-20-12(6-11)15(16,17)18/h4-6,9-10,13H,2-3,7-8H2,1H3,(H2,19,21)/t9-,10+,13?. The number of nitrogens with two attached hydrogens (primary N) is 1. The van der Waals surface area contributed by atoms with Crippen molar-refractivity contribution in [3.63, 3.8) is 0 Å². The van der Waals surface area contributed by atoms with E-state index in [9.17, 15) is 13.2 Å². The Morgan fingerprint density at radius 1 is 1.35 bits per heavy atom. The zero-order valence-corrected chi connectivity index (χ0v) is 13.6. The normalized spacial score (nSPS) is 28.3. The summed E-state index contributed by atoms with van der Waals surface area (Å²) in [5.74, 6) is 0.698. The van der Waals surface area contributed by atoms with Crippen molar-refractivity contribution in [1.82, 2.24) is 4.98 Å². The van der Waals surface area contributed by atoms with Gasteiger partial charge in [-0.3, -0.25) is 9.98 Å². The van der Waals surface area contributed by atoms with Crippen LogP contribution in [-0.2, 0) is 6.18 Å². The lowest BCUT2D eigenvalue weighted by Gasteiger charge is -2.37. The summed E-state index contributed by atoms with van der Waals surface area (Å²) in [6.07, 6.45) is 0.814. The molecule has 0 radical (unpaired) electrons. The highest BCUT2D eigenvalue weighted by atomic mass is 32.2. The molecule has 3 atom stereocenters. The topological polar surface area (TPSA) is 54.5 Å². The van der Waals surface area contributed by atoms with Gasteiger partial charge in [-0.25, -0.2) is 0 Å². The van der Waals surface area contributed by atoms with Gasteiger partial charge in [-0.2, -0.15) is 13.2 Å². The van der Waals surface area contributed by atoms with Gasteiger partial charge in [-0.1, -0.05) is 11.8 Å². The first-order valence-corrected chi connectivity index (χ1v) is 8.76. The minimum atomic E-state index is -4.41. The number of rotatable bonds is 2. The smallest absolute Gasteiger partial charge is 0.379 e. The van der Waals surface area contributed by atoms with Crippen molar-refractivity contribution in [3.8, 4) is 0 Å². The molecule has 1 aromatic rings. The Morgan fingerprint density at radius 3 is 2.57 bits per heavy atom. The highest BCUT2D eigenvalue weighted by Gasteiger charge is 2.42. The third-order valence-corrected chi connectivity index (χ3v) is 5.19. The van der Waals surface area contributed by atoms with Crippen LogP contribution in [0.3, 0.4) is 0 Å². The van der Waals surface area contributed by atoms with Crippen molar-refractivity contribution in [2.75, 3.05) is 24.2 Å². The molecule has 1 unspecified atom stereocenters. The molecular formula is C15H19F3N4S. The lowest BCUT2D eigenvalue weighted by Crippen LogP contribution is -2.44. The van der Waals surface area contributed by atoms with E-state index in [1.807, 2.05) is 11.2 Å². The molecule has 126 valence electrons. The molecule has 4 nitrogen and oxygen atoms in total. The quantitative estimate of drug-likeness (QED) is 0.662. The Kier molecular flexibility index (Phi) is 4.44. The van der Waals surface area contributed by atoms with E-state index < -0.39 is 11.9 Å². The molecule has 2 N–H and O–H groups in total. The maximum absolute atomic E-state index is 12.8. The summed E-state index contributed by atoms with van der Waals surface area (Å²) in [6, 6.07) is 2.98. The van der Waals surface area contributed by atoms with Gasteiger partial charge in [0.1, 0.15) is 5.69 Å². The Labute approximate surface area is 137 Å². The number of halogens is 3. The third kappa shape index (κ3) is 3.41. The average Bonchev–Trinajstić information content (AvgIpc) is 2.75. The molecule has 2 heterocycles. The van der Waals surface area contributed by atoms with Crippen molar-refractivity contribution >= 4 is 22.6 Å². The van der Waals surface area contributed by atoms with Crippen LogP contribution < -0.4 is 10.6 Å². The number of alkyl halides is 3. The zero-order valence-electron chi connectivity index (χ0n) is 12.8. The van der Waals surface area contributed by atoms with E-state index in [2.05, 4.69) is 9.98 Å². The molecule has 1 saturated heterocycles. The second-order valence-electron chi connectivity index (χ2n) is 6.06. The third-order valence-electron chi connectivity index (χ3n) is 4.67. The number of aromatic nitrogens is 1. The molecular weight excluding hydrogens is 325 g/mol. The summed E-state index contributed by atoms with van der Waals surface area (Å²) in [4.78, 5) is 10.1. The van der Waals surface area contributed by atoms with Gasteiger partial charge in [0.25, 0.3) is 0 Å². The summed E-state index contributed by atoms with van der Waals surface area (Å²) in [5.41, 5.74) is 5.58. The molecule has 3 rings (SSSR count). The molecule has 1 aliphatic heterocycles. The Hall–Kier alpha value is -1.44. The highest BCUT2D eigenvalue weighted by Crippen LogP contribution is 2.41. The molecule has 2 aliphatic rings. The van der Waals surface area contributed by atoms with Crippen LogP contribution in [0.25, 0.3) is 0 Å². The Balaban J connectivity index is 1.78. The summed E-state index contributed by atoms with van der Waals surface area (Å²) in [6.45, 7) is 1.43. The Morgan fingerprint density at radius 2 is 2.00 bits per heavy atom. The van der Waals surface area contributed by atoms with E-state index in [4.69, 9.17) is 5.73 Å². The van der Waals surface area contributed by atoms with Crippen molar-refractivity contribution in [3.05, 3.63) is 24.0 Å². The van der Waals surface area contributed by atoms with Crippen LogP contribution in [0, 0.1) is 11.8 Å². The first-order chi connectivity index (χ1) is 10.9. The van der Waals surface area contributed by atoms with Crippen LogP contribution in [0.4, 0.5) is 18.9 Å². The van der Waals surface area contributed by atoms with Gasteiger partial charge in [-0.05, 0) is 43.1 Å². The molecule has 1 aliphatic carbocycles. The number of hydrogen-bond acceptors (Lipinski definition) is 4. The lowest BCUT2D eigenvalue weighted by atomic mass is 9.92. The van der Waals surface area contributed by atoms with E-state index in [0.717, 1.165) is 18.9 Å². The summed E-state index contributed by atoms with van der Waals surface area (Å²) < 4.78 is 38.5. The van der Waals surface area contributed by atoms with Crippen LogP contribution in [-0.4, -0.2) is 35.5 Å². The number of nitrogens with zero attached hydrogens (tertiary/aromatic N) is 3. The maximum atomic E-state index is 12.8. The van der Waals surface area contributed by atoms with Crippen LogP contribution in [0.5, 0.6) is 0 Å². The van der Waals surface area contributed by atoms with Crippen LogP contribution in [0.15, 0.2) is 23.3 Å². The number of pyridine rings is 1. The van der Waals surface area contributed by atoms with Gasteiger partial charge in [0.2, 0.25) is 0 Å². The molecule has 2 fully saturated rings. The fraction of sp³-hybridized carbons (Fsp3) is 0.600. The number of anilines is 1. The number of fused-ring (bicyclic) bond motifs is 2. The summed E-state index contributed by atoms with van der Waals surface area (Å²) >= 11 is 1.43. The number of thioether (sulfide) groups is 1. The second-order valence-corrected chi connectivity index (χ2v) is 6.89. The van der Waals surface area contributed by atoms with E-state index >= 15 is 0 Å². The minimum Gasteiger partial charge on any atom is -0.379 e. The van der Waals surface area contributed by atoms with Gasteiger partial charge in [-0.15, -0.1) is 0 Å². The first kappa shape index (κ1) is 16.4. The fourth-order valence-electron chi connectivity index (χ4n) is 3.59. The Bertz CT molecular complexity index is 591. The van der Waals surface area contributed by atoms with E-state index in [1.54, 1.807) is 6.07 Å². The van der Waals surface area contributed by atoms with E-state index in [1.165, 1.54) is 18.0 Å². The molecule has 0 aromatic carbocycles. The van der Waals surface area contributed by atoms with Crippen LogP contribution >= 0.6 is 11.8 Å². The van der Waals surface area contributed by atoms with Crippen molar-refractivity contribution in [2.24, 2.45) is 22.6 Å². The van der Waals surface area contributed by atoms with Crippen molar-refractivity contribution < 1.29 is 13.2 Å². The van der Waals surface area contributed by atoms with Crippen LogP contribution in [0.2, 0.25) is 0 Å². The predicted molar refractivity (Wildman–Crippen MR) is 86.6 cm³/mol. The van der Waals surface area contributed by atoms with Crippen molar-refractivity contribution in [2.45, 2.75) is 25.1 Å². The minimum absolute atomic E-state index is 0.197. The number of piperidine rings is 1. The van der Waals surface area contributed by atoms with Gasteiger partial charge in [0.05, 0.1) is 6.04 Å². The lowest BCUT2D eigenvalue weighted by molar-refractivity contribution is -0.141. The molecule has 0 spiro atoms. The first-order valence-electron chi connectivity index (χ1n) is 7.54. The SMILES string of the molecule is CSC(N)=NC1[C@@H]2CC[C@H]1CN(c1ccnc(C(F)(F)F)c1)C2. The number of hydrogen-bond donors (Lipinski definition) is 1. The molecule has 2 bridgehead atoms. The monoisotopic (exact) mass is 344 g/mol. The molecule has 1 aromatic heterocycles. The molecule has 23 heavy (non-hydrogen) atoms. The number of amidine groups is 1. The van der Waals surface area contributed by atoms with Gasteiger partial charge < -0.3 is 10.6 Å². The van der Waals surface area contributed by atoms with E-state index in [-0.39, 0.29) is 6.04 Å². The largest absolute Gasteiger partial charge is 0.433 e. The molecule has 0 amide bonds. The van der Waals surface area contributed by atoms with Gasteiger partial charge >= 0.3 is 6.18 Å². The fourth-order valence-corrected chi connectivity index (χ4v) is 3.81. The van der Waals surface area contributed by atoms with Gasteiger partial charge in [0, 0.05) is 25.0 Å². The van der Waals surface area contributed by atoms with Crippen molar-refractivity contribution in [1.29, 1.82) is 0 Å². The second kappa shape index (κ2) is 6.22. The maximum Gasteiger partial charge on any atom is 0.433 e. The highest BCUT2D eigenvalue weighted by molar-refractivity contribution is 8.13. The zero-order chi connectivity index (χ0) is 16.6. The summed E-state index contributed by atoms with van der Waals surface area (Å²) in [7, 11) is 0. The number of aliphatic imine (C=N–C) groups is 1. The summed E-state index contributed by atoms with van der Waals surface area (Å²) in [5, 5.41) is 0.587.